The summed E-state index contributed by atoms with van der Waals surface area (Å²) in [4.78, 5) is 12.1. The lowest BCUT2D eigenvalue weighted by Gasteiger charge is -2.48. The van der Waals surface area contributed by atoms with Gasteiger partial charge in [0.05, 0.1) is 0 Å². The zero-order chi connectivity index (χ0) is 12.8. The molecular weight excluding hydrogens is 224 g/mol. The minimum absolute atomic E-state index is 0.0327. The predicted octanol–water partition coefficient (Wildman–Crippen LogP) is 3.18. The van der Waals surface area contributed by atoms with E-state index in [0.717, 1.165) is 43.4 Å². The Labute approximate surface area is 110 Å². The number of hydrogen-bond donors (Lipinski definition) is 1. The smallest absolute Gasteiger partial charge is 0.139 e. The van der Waals surface area contributed by atoms with Gasteiger partial charge in [-0.25, -0.2) is 0 Å². The number of aliphatic hydroxyl groups is 1. The van der Waals surface area contributed by atoms with Crippen LogP contribution in [0.15, 0.2) is 0 Å². The van der Waals surface area contributed by atoms with Crippen LogP contribution in [0.3, 0.4) is 0 Å². The van der Waals surface area contributed by atoms with Crippen molar-refractivity contribution in [3.63, 3.8) is 0 Å². The maximum atomic E-state index is 12.1. The minimum Gasteiger partial charge on any atom is -0.396 e. The number of aliphatic hydroxyl groups excluding tert-OH is 1. The van der Waals surface area contributed by atoms with Crippen LogP contribution in [0.5, 0.6) is 0 Å². The number of carbonyl (C=O) groups excluding carboxylic acids is 1. The highest BCUT2D eigenvalue weighted by atomic mass is 16.3. The van der Waals surface area contributed by atoms with Gasteiger partial charge in [0.1, 0.15) is 5.78 Å². The Kier molecular flexibility index (Phi) is 3.25. The number of rotatable bonds is 2. The molecule has 3 rings (SSSR count). The van der Waals surface area contributed by atoms with E-state index in [-0.39, 0.29) is 5.41 Å². The second-order valence-corrected chi connectivity index (χ2v) is 7.23. The maximum Gasteiger partial charge on any atom is 0.139 e. The zero-order valence-corrected chi connectivity index (χ0v) is 11.5. The van der Waals surface area contributed by atoms with Gasteiger partial charge in [-0.15, -0.1) is 0 Å². The molecule has 2 nitrogen and oxygen atoms in total. The van der Waals surface area contributed by atoms with E-state index in [1.807, 2.05) is 0 Å². The Morgan fingerprint density at radius 3 is 2.83 bits per heavy atom. The summed E-state index contributed by atoms with van der Waals surface area (Å²) in [5, 5.41) is 9.10. The molecule has 1 N–H and O–H groups in total. The van der Waals surface area contributed by atoms with Crippen molar-refractivity contribution < 1.29 is 9.90 Å². The van der Waals surface area contributed by atoms with Crippen LogP contribution in [0.1, 0.15) is 58.3 Å². The monoisotopic (exact) mass is 250 g/mol. The molecule has 3 aliphatic carbocycles. The quantitative estimate of drug-likeness (QED) is 0.817. The second-order valence-electron chi connectivity index (χ2n) is 7.23. The van der Waals surface area contributed by atoms with Gasteiger partial charge < -0.3 is 5.11 Å². The molecule has 0 bridgehead atoms. The molecule has 0 aromatic carbocycles. The van der Waals surface area contributed by atoms with Crippen molar-refractivity contribution in [1.82, 2.24) is 0 Å². The third kappa shape index (κ3) is 1.93. The highest BCUT2D eigenvalue weighted by Crippen LogP contribution is 2.57. The molecule has 0 aromatic rings. The van der Waals surface area contributed by atoms with Crippen molar-refractivity contribution in [2.75, 3.05) is 6.61 Å². The van der Waals surface area contributed by atoms with E-state index in [0.29, 0.717) is 18.3 Å². The third-order valence-corrected chi connectivity index (χ3v) is 6.32. The lowest BCUT2D eigenvalue weighted by molar-refractivity contribution is -0.130. The van der Waals surface area contributed by atoms with Gasteiger partial charge in [0.2, 0.25) is 0 Å². The largest absolute Gasteiger partial charge is 0.396 e. The molecule has 0 heterocycles. The highest BCUT2D eigenvalue weighted by molar-refractivity contribution is 5.87. The van der Waals surface area contributed by atoms with E-state index in [4.69, 9.17) is 5.11 Å². The molecule has 2 heteroatoms. The van der Waals surface area contributed by atoms with Gasteiger partial charge in [0.25, 0.3) is 0 Å². The Balaban J connectivity index is 1.70. The van der Waals surface area contributed by atoms with Crippen LogP contribution in [0, 0.1) is 29.1 Å². The first-order chi connectivity index (χ1) is 8.63. The van der Waals surface area contributed by atoms with Crippen LogP contribution in [0.2, 0.25) is 0 Å². The second kappa shape index (κ2) is 4.63. The SMILES string of the molecule is C[C@]12C[C@H]3CC[C@@H](CCO)C[C@H]3C[C@@H]1CCC2=O. The van der Waals surface area contributed by atoms with Gasteiger partial charge in [0.15, 0.2) is 0 Å². The minimum atomic E-state index is 0.0327. The summed E-state index contributed by atoms with van der Waals surface area (Å²) in [6, 6.07) is 0. The molecule has 0 spiro atoms. The van der Waals surface area contributed by atoms with Crippen LogP contribution in [-0.4, -0.2) is 17.5 Å². The molecule has 0 radical (unpaired) electrons. The van der Waals surface area contributed by atoms with E-state index in [9.17, 15) is 4.79 Å². The first kappa shape index (κ1) is 12.7. The van der Waals surface area contributed by atoms with Crippen molar-refractivity contribution >= 4 is 5.78 Å². The van der Waals surface area contributed by atoms with Gasteiger partial charge in [-0.2, -0.15) is 0 Å². The van der Waals surface area contributed by atoms with Crippen molar-refractivity contribution in [2.24, 2.45) is 29.1 Å². The number of Topliss-reactive ketones (excluding diaryl/α,β-unsaturated/α-hetero) is 1. The molecule has 0 saturated heterocycles. The average molecular weight is 250 g/mol. The summed E-state index contributed by atoms with van der Waals surface area (Å²) in [6.07, 6.45) is 9.30. The zero-order valence-electron chi connectivity index (χ0n) is 11.5. The first-order valence-corrected chi connectivity index (χ1v) is 7.77. The average Bonchev–Trinajstić information content (AvgIpc) is 2.63. The molecule has 102 valence electrons. The number of carbonyl (C=O) groups is 1. The van der Waals surface area contributed by atoms with E-state index in [1.165, 1.54) is 25.7 Å². The van der Waals surface area contributed by atoms with E-state index in [1.54, 1.807) is 0 Å². The molecule has 0 amide bonds. The van der Waals surface area contributed by atoms with Crippen LogP contribution in [0.4, 0.5) is 0 Å². The fourth-order valence-electron chi connectivity index (χ4n) is 5.13. The van der Waals surface area contributed by atoms with Crippen molar-refractivity contribution in [3.05, 3.63) is 0 Å². The Morgan fingerprint density at radius 2 is 2.06 bits per heavy atom. The molecule has 3 saturated carbocycles. The van der Waals surface area contributed by atoms with Gasteiger partial charge in [-0.1, -0.05) is 13.3 Å². The van der Waals surface area contributed by atoms with E-state index >= 15 is 0 Å². The summed E-state index contributed by atoms with van der Waals surface area (Å²) in [5.74, 6) is 3.60. The third-order valence-electron chi connectivity index (χ3n) is 6.32. The Bertz CT molecular complexity index is 338. The fourth-order valence-corrected chi connectivity index (χ4v) is 5.13. The molecule has 3 aliphatic rings. The molecule has 0 aromatic heterocycles. The van der Waals surface area contributed by atoms with Gasteiger partial charge >= 0.3 is 0 Å². The van der Waals surface area contributed by atoms with Crippen LogP contribution in [-0.2, 0) is 4.79 Å². The maximum absolute atomic E-state index is 12.1. The lowest BCUT2D eigenvalue weighted by Crippen LogP contribution is -2.42. The predicted molar refractivity (Wildman–Crippen MR) is 71.1 cm³/mol. The summed E-state index contributed by atoms with van der Waals surface area (Å²) in [7, 11) is 0. The van der Waals surface area contributed by atoms with Crippen LogP contribution < -0.4 is 0 Å². The summed E-state index contributed by atoms with van der Waals surface area (Å²) in [6.45, 7) is 2.59. The number of fused-ring (bicyclic) bond motifs is 2. The normalized spacial score (nSPS) is 47.8. The summed E-state index contributed by atoms with van der Waals surface area (Å²) in [5.41, 5.74) is 0.0327. The van der Waals surface area contributed by atoms with Gasteiger partial charge in [0, 0.05) is 18.4 Å². The topological polar surface area (TPSA) is 37.3 Å². The number of ketones is 1. The molecule has 3 fully saturated rings. The molecule has 5 atom stereocenters. The summed E-state index contributed by atoms with van der Waals surface area (Å²) < 4.78 is 0. The Morgan fingerprint density at radius 1 is 1.22 bits per heavy atom. The van der Waals surface area contributed by atoms with Crippen molar-refractivity contribution in [1.29, 1.82) is 0 Å². The van der Waals surface area contributed by atoms with Crippen molar-refractivity contribution in [2.45, 2.75) is 58.3 Å². The number of hydrogen-bond acceptors (Lipinski definition) is 2. The lowest BCUT2D eigenvalue weighted by atomic mass is 9.56. The van der Waals surface area contributed by atoms with Gasteiger partial charge in [-0.3, -0.25) is 4.79 Å². The van der Waals surface area contributed by atoms with Crippen LogP contribution in [0.25, 0.3) is 0 Å². The molecule has 0 unspecified atom stereocenters. The fraction of sp³-hybridized carbons (Fsp3) is 0.938. The first-order valence-electron chi connectivity index (χ1n) is 7.77. The van der Waals surface area contributed by atoms with E-state index in [2.05, 4.69) is 6.92 Å². The molecular formula is C16H26O2. The summed E-state index contributed by atoms with van der Waals surface area (Å²) >= 11 is 0. The van der Waals surface area contributed by atoms with Crippen LogP contribution >= 0.6 is 0 Å². The molecule has 0 aliphatic heterocycles. The standard InChI is InChI=1S/C16H26O2/c1-16-10-12-3-2-11(6-7-17)8-13(12)9-14(16)4-5-15(16)18/h11-14,17H,2-10H2,1H3/t11-,12+,13-,14-,16-/m0/s1. The highest BCUT2D eigenvalue weighted by Gasteiger charge is 2.52. The van der Waals surface area contributed by atoms with E-state index < -0.39 is 0 Å². The Hall–Kier alpha value is -0.370. The van der Waals surface area contributed by atoms with Crippen molar-refractivity contribution in [3.8, 4) is 0 Å². The molecule has 18 heavy (non-hydrogen) atoms. The van der Waals surface area contributed by atoms with Gasteiger partial charge in [-0.05, 0) is 62.2 Å².